The molecule has 20 heavy (non-hydrogen) atoms. The van der Waals surface area contributed by atoms with Crippen LogP contribution in [0.2, 0.25) is 5.02 Å². The molecule has 0 aliphatic heterocycles. The minimum absolute atomic E-state index is 0.144. The van der Waals surface area contributed by atoms with E-state index in [0.717, 1.165) is 23.4 Å². The Bertz CT molecular complexity index is 577. The van der Waals surface area contributed by atoms with E-state index in [1.54, 1.807) is 0 Å². The summed E-state index contributed by atoms with van der Waals surface area (Å²) in [6.07, 6.45) is 2.08. The Hall–Kier alpha value is -1.31. The Morgan fingerprint density at radius 2 is 1.75 bits per heavy atom. The maximum atomic E-state index is 6.38. The molecule has 1 N–H and O–H groups in total. The fourth-order valence-corrected chi connectivity index (χ4v) is 2.89. The Morgan fingerprint density at radius 1 is 1.00 bits per heavy atom. The van der Waals surface area contributed by atoms with Gasteiger partial charge in [-0.25, -0.2) is 0 Å². The lowest BCUT2D eigenvalue weighted by Crippen LogP contribution is -2.19. The number of aryl methyl sites for hydroxylation is 2. The Morgan fingerprint density at radius 3 is 2.35 bits per heavy atom. The van der Waals surface area contributed by atoms with Crippen LogP contribution in [0, 0.1) is 0 Å². The summed E-state index contributed by atoms with van der Waals surface area (Å²) in [5, 5.41) is 4.23. The van der Waals surface area contributed by atoms with Gasteiger partial charge in [-0.2, -0.15) is 0 Å². The van der Waals surface area contributed by atoms with E-state index < -0.39 is 0 Å². The molecular formula is C18H22ClN. The van der Waals surface area contributed by atoms with Crippen LogP contribution in [-0.2, 0) is 12.8 Å². The van der Waals surface area contributed by atoms with E-state index >= 15 is 0 Å². The summed E-state index contributed by atoms with van der Waals surface area (Å²) in [6.45, 7) is 4.39. The molecule has 1 atom stereocenters. The van der Waals surface area contributed by atoms with Crippen LogP contribution in [0.25, 0.3) is 0 Å². The van der Waals surface area contributed by atoms with E-state index in [1.807, 2.05) is 25.2 Å². The monoisotopic (exact) mass is 287 g/mol. The first-order chi connectivity index (χ1) is 9.71. The molecule has 0 amide bonds. The van der Waals surface area contributed by atoms with Gasteiger partial charge in [0.1, 0.15) is 0 Å². The van der Waals surface area contributed by atoms with Crippen molar-refractivity contribution in [3.05, 3.63) is 69.7 Å². The molecule has 0 aliphatic carbocycles. The normalized spacial score (nSPS) is 12.4. The Kier molecular flexibility index (Phi) is 5.22. The van der Waals surface area contributed by atoms with Crippen LogP contribution < -0.4 is 5.32 Å². The Labute approximate surface area is 127 Å². The molecule has 1 nitrogen and oxygen atoms in total. The number of nitrogens with one attached hydrogen (secondary N) is 1. The second-order valence-corrected chi connectivity index (χ2v) is 5.39. The van der Waals surface area contributed by atoms with Crippen LogP contribution in [0.1, 0.15) is 42.1 Å². The van der Waals surface area contributed by atoms with Gasteiger partial charge in [0.05, 0.1) is 6.04 Å². The van der Waals surface area contributed by atoms with Crippen LogP contribution in [0.5, 0.6) is 0 Å². The van der Waals surface area contributed by atoms with Crippen LogP contribution >= 0.6 is 11.6 Å². The predicted molar refractivity (Wildman–Crippen MR) is 87.6 cm³/mol. The van der Waals surface area contributed by atoms with Crippen molar-refractivity contribution < 1.29 is 0 Å². The molecule has 0 aromatic heterocycles. The van der Waals surface area contributed by atoms with Gasteiger partial charge < -0.3 is 5.32 Å². The van der Waals surface area contributed by atoms with E-state index in [0.29, 0.717) is 0 Å². The fraction of sp³-hybridized carbons (Fsp3) is 0.333. The van der Waals surface area contributed by atoms with Gasteiger partial charge in [0.2, 0.25) is 0 Å². The average Bonchev–Trinajstić information content (AvgIpc) is 2.49. The Balaban J connectivity index is 2.54. The molecule has 1 unspecified atom stereocenters. The van der Waals surface area contributed by atoms with E-state index in [4.69, 9.17) is 11.6 Å². The number of benzene rings is 2. The largest absolute Gasteiger partial charge is 0.309 e. The molecule has 0 radical (unpaired) electrons. The molecule has 0 aliphatic rings. The van der Waals surface area contributed by atoms with Crippen molar-refractivity contribution in [1.29, 1.82) is 0 Å². The van der Waals surface area contributed by atoms with Crippen molar-refractivity contribution in [2.45, 2.75) is 32.7 Å². The average molecular weight is 288 g/mol. The fourth-order valence-electron chi connectivity index (χ4n) is 2.64. The van der Waals surface area contributed by atoms with Crippen molar-refractivity contribution in [2.24, 2.45) is 0 Å². The number of halogens is 1. The van der Waals surface area contributed by atoms with Crippen LogP contribution in [0.3, 0.4) is 0 Å². The molecule has 0 bridgehead atoms. The number of hydrogen-bond donors (Lipinski definition) is 1. The molecule has 2 rings (SSSR count). The third-order valence-corrected chi connectivity index (χ3v) is 4.16. The van der Waals surface area contributed by atoms with Gasteiger partial charge in [-0.1, -0.05) is 61.8 Å². The molecule has 0 saturated carbocycles. The molecule has 2 aromatic rings. The van der Waals surface area contributed by atoms with Gasteiger partial charge in [-0.3, -0.25) is 0 Å². The molecule has 0 heterocycles. The second-order valence-electron chi connectivity index (χ2n) is 4.98. The highest BCUT2D eigenvalue weighted by Gasteiger charge is 2.17. The van der Waals surface area contributed by atoms with E-state index in [1.165, 1.54) is 16.7 Å². The van der Waals surface area contributed by atoms with Crippen molar-refractivity contribution in [1.82, 2.24) is 5.32 Å². The smallest absolute Gasteiger partial charge is 0.0591 e. The number of hydrogen-bond acceptors (Lipinski definition) is 1. The lowest BCUT2D eigenvalue weighted by atomic mass is 9.91. The highest BCUT2D eigenvalue weighted by Crippen LogP contribution is 2.31. The minimum atomic E-state index is 0.144. The summed E-state index contributed by atoms with van der Waals surface area (Å²) in [6, 6.07) is 15.0. The molecule has 2 heteroatoms. The second kappa shape index (κ2) is 6.92. The molecule has 0 spiro atoms. The third kappa shape index (κ3) is 3.05. The molecular weight excluding hydrogens is 266 g/mol. The first-order valence-electron chi connectivity index (χ1n) is 7.24. The van der Waals surface area contributed by atoms with Crippen LogP contribution in [-0.4, -0.2) is 7.05 Å². The number of rotatable bonds is 5. The third-order valence-electron chi connectivity index (χ3n) is 3.82. The molecule has 106 valence electrons. The van der Waals surface area contributed by atoms with Crippen molar-refractivity contribution >= 4 is 11.6 Å². The summed E-state index contributed by atoms with van der Waals surface area (Å²) >= 11 is 6.38. The summed E-state index contributed by atoms with van der Waals surface area (Å²) in [5.41, 5.74) is 5.22. The summed E-state index contributed by atoms with van der Waals surface area (Å²) in [5.74, 6) is 0. The predicted octanol–water partition coefficient (Wildman–Crippen LogP) is 4.77. The zero-order valence-corrected chi connectivity index (χ0v) is 13.2. The first kappa shape index (κ1) is 15.1. The molecule has 0 fully saturated rings. The van der Waals surface area contributed by atoms with Crippen molar-refractivity contribution in [2.75, 3.05) is 7.05 Å². The zero-order chi connectivity index (χ0) is 14.5. The quantitative estimate of drug-likeness (QED) is 0.835. The molecule has 0 saturated heterocycles. The topological polar surface area (TPSA) is 12.0 Å². The van der Waals surface area contributed by atoms with Gasteiger partial charge in [0.25, 0.3) is 0 Å². The maximum absolute atomic E-state index is 6.38. The summed E-state index contributed by atoms with van der Waals surface area (Å²) < 4.78 is 0. The standard InChI is InChI=1S/C18H22ClN/c1-4-13-10-11-14(5-2)16(12-13)18(20-3)15-8-6-7-9-17(15)19/h6-12,18,20H,4-5H2,1-3H3. The highest BCUT2D eigenvalue weighted by molar-refractivity contribution is 6.31. The van der Waals surface area contributed by atoms with E-state index in [9.17, 15) is 0 Å². The first-order valence-corrected chi connectivity index (χ1v) is 7.62. The van der Waals surface area contributed by atoms with Gasteiger partial charge in [-0.15, -0.1) is 0 Å². The lowest BCUT2D eigenvalue weighted by molar-refractivity contribution is 0.683. The van der Waals surface area contributed by atoms with E-state index in [2.05, 4.69) is 43.4 Å². The summed E-state index contributed by atoms with van der Waals surface area (Å²) in [4.78, 5) is 0. The van der Waals surface area contributed by atoms with Crippen LogP contribution in [0.4, 0.5) is 0 Å². The van der Waals surface area contributed by atoms with Gasteiger partial charge in [0.15, 0.2) is 0 Å². The maximum Gasteiger partial charge on any atom is 0.0591 e. The zero-order valence-electron chi connectivity index (χ0n) is 12.4. The summed E-state index contributed by atoms with van der Waals surface area (Å²) in [7, 11) is 1.99. The lowest BCUT2D eigenvalue weighted by Gasteiger charge is -2.22. The molecule has 2 aromatic carbocycles. The van der Waals surface area contributed by atoms with Crippen molar-refractivity contribution in [3.8, 4) is 0 Å². The SMILES string of the molecule is CCc1ccc(CC)c(C(NC)c2ccccc2Cl)c1. The van der Waals surface area contributed by atoms with Gasteiger partial charge in [0, 0.05) is 5.02 Å². The van der Waals surface area contributed by atoms with Crippen LogP contribution in [0.15, 0.2) is 42.5 Å². The highest BCUT2D eigenvalue weighted by atomic mass is 35.5. The van der Waals surface area contributed by atoms with Crippen molar-refractivity contribution in [3.63, 3.8) is 0 Å². The van der Waals surface area contributed by atoms with Gasteiger partial charge >= 0.3 is 0 Å². The van der Waals surface area contributed by atoms with Gasteiger partial charge in [-0.05, 0) is 48.2 Å². The van der Waals surface area contributed by atoms with E-state index in [-0.39, 0.29) is 6.04 Å². The minimum Gasteiger partial charge on any atom is -0.309 e.